The highest BCUT2D eigenvalue weighted by Crippen LogP contribution is 2.16. The van der Waals surface area contributed by atoms with Gasteiger partial charge in [0.1, 0.15) is 0 Å². The summed E-state index contributed by atoms with van der Waals surface area (Å²) in [5.41, 5.74) is 0. The van der Waals surface area contributed by atoms with Crippen molar-refractivity contribution in [3.8, 4) is 0 Å². The minimum absolute atomic E-state index is 0.0915. The van der Waals surface area contributed by atoms with Gasteiger partial charge in [-0.05, 0) is 12.8 Å². The molecule has 12 heavy (non-hydrogen) atoms. The average molecular weight is 175 g/mol. The maximum Gasteiger partial charge on any atom is 0.332 e. The summed E-state index contributed by atoms with van der Waals surface area (Å²) in [6.07, 6.45) is 1.02. The molecular weight excluding hydrogens is 166 g/mol. The number of hydrogen-bond acceptors (Lipinski definition) is 2. The quantitative estimate of drug-likeness (QED) is 0.340. The van der Waals surface area contributed by atoms with Crippen molar-refractivity contribution in [2.45, 2.75) is 18.9 Å². The Morgan fingerprint density at radius 2 is 2.33 bits per heavy atom. The molecule has 0 unspecified atom stereocenters. The minimum Gasteiger partial charge on any atom is -0.480 e. The fourth-order valence-corrected chi connectivity index (χ4v) is 1.26. The lowest BCUT2D eigenvalue weighted by molar-refractivity contribution is -0.969. The third-order valence-electron chi connectivity index (χ3n) is 1.81. The van der Waals surface area contributed by atoms with Crippen LogP contribution in [0.15, 0.2) is 5.28 Å². The molecule has 1 rings (SSSR count). The van der Waals surface area contributed by atoms with E-state index >= 15 is 0 Å². The number of aliphatic carboxylic acids is 1. The molecule has 1 aliphatic heterocycles. The van der Waals surface area contributed by atoms with E-state index in [0.29, 0.717) is 19.4 Å². The Labute approximate surface area is 68.0 Å². The molecule has 0 aromatic rings. The first kappa shape index (κ1) is 8.57. The summed E-state index contributed by atoms with van der Waals surface area (Å²) in [5, 5.41) is 30.7. The van der Waals surface area contributed by atoms with Crippen molar-refractivity contribution in [1.29, 1.82) is 0 Å². The predicted molar refractivity (Wildman–Crippen MR) is 32.5 cm³/mol. The second-order valence-corrected chi connectivity index (χ2v) is 2.50. The van der Waals surface area contributed by atoms with E-state index in [1.807, 2.05) is 0 Å². The van der Waals surface area contributed by atoms with Crippen LogP contribution in [0.25, 0.3) is 0 Å². The Hall–Kier alpha value is -1.53. The second-order valence-electron chi connectivity index (χ2n) is 2.50. The Kier molecular flexibility index (Phi) is 2.32. The van der Waals surface area contributed by atoms with Gasteiger partial charge in [0, 0.05) is 0 Å². The largest absolute Gasteiger partial charge is 0.480 e. The third kappa shape index (κ3) is 1.39. The zero-order valence-corrected chi connectivity index (χ0v) is 6.25. The van der Waals surface area contributed by atoms with Gasteiger partial charge in [-0.1, -0.05) is 5.01 Å². The van der Waals surface area contributed by atoms with E-state index in [2.05, 4.69) is 5.28 Å². The van der Waals surface area contributed by atoms with Gasteiger partial charge in [0.25, 0.3) is 5.28 Å². The van der Waals surface area contributed by atoms with E-state index in [1.165, 1.54) is 0 Å². The molecule has 67 valence electrons. The molecule has 7 heteroatoms. The number of carboxylic acids is 1. The van der Waals surface area contributed by atoms with E-state index in [9.17, 15) is 10.0 Å². The maximum absolute atomic E-state index is 10.7. The van der Waals surface area contributed by atoms with Gasteiger partial charge in [-0.2, -0.15) is 0 Å². The molecule has 1 saturated heterocycles. The number of carboxylic acid groups (broad SMARTS) is 1. The Bertz CT molecular complexity index is 217. The van der Waals surface area contributed by atoms with Crippen LogP contribution < -0.4 is 0 Å². The molecule has 0 spiro atoms. The number of carbonyl (C=O) groups is 1. The highest BCUT2D eigenvalue weighted by atomic mass is 16.6. The third-order valence-corrected chi connectivity index (χ3v) is 1.81. The molecular formula is C5H9N3O4+. The van der Waals surface area contributed by atoms with E-state index in [1.54, 1.807) is 0 Å². The molecule has 1 atom stereocenters. The van der Waals surface area contributed by atoms with Crippen molar-refractivity contribution in [1.82, 2.24) is 5.01 Å². The summed E-state index contributed by atoms with van der Waals surface area (Å²) in [6.45, 7) is 0.310. The van der Waals surface area contributed by atoms with E-state index in [4.69, 9.17) is 10.3 Å². The highest BCUT2D eigenvalue weighted by molar-refractivity contribution is 5.73. The highest BCUT2D eigenvalue weighted by Gasteiger charge is 2.40. The summed E-state index contributed by atoms with van der Waals surface area (Å²) >= 11 is 0. The van der Waals surface area contributed by atoms with Crippen molar-refractivity contribution in [2.75, 3.05) is 6.54 Å². The van der Waals surface area contributed by atoms with Gasteiger partial charge in [0.2, 0.25) is 0 Å². The average Bonchev–Trinajstić information content (AvgIpc) is 2.50. The van der Waals surface area contributed by atoms with Crippen LogP contribution in [0.5, 0.6) is 0 Å². The van der Waals surface area contributed by atoms with Crippen LogP contribution in [0, 0.1) is 0 Å². The molecule has 1 fully saturated rings. The molecule has 7 nitrogen and oxygen atoms in total. The summed E-state index contributed by atoms with van der Waals surface area (Å²) in [5.74, 6) is -1.07. The van der Waals surface area contributed by atoms with Crippen LogP contribution in [0.2, 0.25) is 0 Å². The van der Waals surface area contributed by atoms with E-state index in [0.717, 1.165) is 5.01 Å². The topological polar surface area (TPSA) is 96.0 Å². The molecule has 1 radical (unpaired) electrons. The number of rotatable bonds is 2. The van der Waals surface area contributed by atoms with Crippen molar-refractivity contribution < 1.29 is 25.3 Å². The lowest BCUT2D eigenvalue weighted by Crippen LogP contribution is -2.40. The van der Waals surface area contributed by atoms with Crippen LogP contribution in [-0.2, 0) is 10.0 Å². The molecule has 0 amide bonds. The first-order chi connectivity index (χ1) is 5.66. The maximum atomic E-state index is 10.7. The summed E-state index contributed by atoms with van der Waals surface area (Å²) in [6, 6.07) is -0.863. The standard InChI is InChI=1S/C5H9N3O4/c9-5(10)4-2-1-3-7(4)8(12)6-11/h4,11H,1-3H2,(H,9,10)/q+1/t4-/m0/s1. The number of nitrogens with zero attached hydrogens (tertiary/aromatic N) is 3. The molecule has 0 aliphatic carbocycles. The van der Waals surface area contributed by atoms with Gasteiger partial charge in [0.15, 0.2) is 6.04 Å². The summed E-state index contributed by atoms with van der Waals surface area (Å²) in [7, 11) is 0. The lowest BCUT2D eigenvalue weighted by atomic mass is 10.2. The predicted octanol–water partition coefficient (Wildman–Crippen LogP) is -0.350. The van der Waals surface area contributed by atoms with Crippen LogP contribution in [0.1, 0.15) is 12.8 Å². The number of hydrazine groups is 1. The van der Waals surface area contributed by atoms with Gasteiger partial charge < -0.3 is 10.3 Å². The minimum atomic E-state index is -1.07. The zero-order chi connectivity index (χ0) is 9.14. The van der Waals surface area contributed by atoms with Gasteiger partial charge >= 0.3 is 10.9 Å². The monoisotopic (exact) mass is 175 g/mol. The molecule has 0 aromatic heterocycles. The van der Waals surface area contributed by atoms with Crippen molar-refractivity contribution in [2.24, 2.45) is 5.28 Å². The number of hydrogen-bond donors (Lipinski definition) is 2. The molecule has 2 N–H and O–H groups in total. The zero-order valence-electron chi connectivity index (χ0n) is 6.25. The van der Waals surface area contributed by atoms with Crippen LogP contribution in [0.3, 0.4) is 0 Å². The van der Waals surface area contributed by atoms with Crippen LogP contribution in [0.4, 0.5) is 0 Å². The van der Waals surface area contributed by atoms with Gasteiger partial charge in [-0.3, -0.25) is 0 Å². The molecule has 0 bridgehead atoms. The molecule has 0 aromatic carbocycles. The molecule has 0 saturated carbocycles. The van der Waals surface area contributed by atoms with Crippen molar-refractivity contribution in [3.63, 3.8) is 0 Å². The normalized spacial score (nSPS) is 24.5. The van der Waals surface area contributed by atoms with Gasteiger partial charge in [0.05, 0.1) is 11.8 Å². The Balaban J connectivity index is 2.70. The fourth-order valence-electron chi connectivity index (χ4n) is 1.26. The van der Waals surface area contributed by atoms with Crippen LogP contribution in [-0.4, -0.2) is 38.8 Å². The van der Waals surface area contributed by atoms with E-state index < -0.39 is 12.0 Å². The first-order valence-corrected chi connectivity index (χ1v) is 3.48. The van der Waals surface area contributed by atoms with Crippen molar-refractivity contribution >= 4 is 5.97 Å². The Morgan fingerprint density at radius 1 is 1.67 bits per heavy atom. The Morgan fingerprint density at radius 3 is 2.83 bits per heavy atom. The fraction of sp³-hybridized carbons (Fsp3) is 0.800. The van der Waals surface area contributed by atoms with Crippen LogP contribution >= 0.6 is 0 Å². The van der Waals surface area contributed by atoms with Gasteiger partial charge in [-0.25, -0.2) is 4.79 Å². The lowest BCUT2D eigenvalue weighted by Gasteiger charge is -2.07. The second kappa shape index (κ2) is 3.24. The molecule has 1 aliphatic rings. The van der Waals surface area contributed by atoms with Gasteiger partial charge in [-0.15, -0.1) is 0 Å². The summed E-state index contributed by atoms with van der Waals surface area (Å²) < 4.78 is 0. The SMILES string of the molecule is [O][N+](=NO)N1CCC[C@H]1C(=O)O. The van der Waals surface area contributed by atoms with Crippen molar-refractivity contribution in [3.05, 3.63) is 0 Å². The summed E-state index contributed by atoms with van der Waals surface area (Å²) in [4.78, 5) is 10.4. The smallest absolute Gasteiger partial charge is 0.332 e. The first-order valence-electron chi connectivity index (χ1n) is 3.48. The molecule has 1 heterocycles. The van der Waals surface area contributed by atoms with E-state index in [-0.39, 0.29) is 4.97 Å².